The molecule has 0 unspecified atom stereocenters. The first-order valence-electron chi connectivity index (χ1n) is 6.84. The summed E-state index contributed by atoms with van der Waals surface area (Å²) in [5.74, 6) is 0.892. The molecule has 0 atom stereocenters. The molecular weight excluding hydrogens is 308 g/mol. The molecule has 1 fully saturated rings. The van der Waals surface area contributed by atoms with Crippen molar-refractivity contribution in [2.75, 3.05) is 38.2 Å². The third kappa shape index (κ3) is 3.45. The first-order valence-corrected chi connectivity index (χ1v) is 7.99. The average Bonchev–Trinajstić information content (AvgIpc) is 2.93. The maximum absolute atomic E-state index is 6.06. The van der Waals surface area contributed by atoms with Crippen LogP contribution >= 0.6 is 23.1 Å². The zero-order chi connectivity index (χ0) is 14.7. The molecule has 3 rings (SSSR count). The van der Waals surface area contributed by atoms with Crippen LogP contribution in [0.15, 0.2) is 24.3 Å². The van der Waals surface area contributed by atoms with Crippen molar-refractivity contribution < 1.29 is 4.74 Å². The van der Waals surface area contributed by atoms with Gasteiger partial charge in [0.1, 0.15) is 15.8 Å². The quantitative estimate of drug-likeness (QED) is 0.864. The molecule has 112 valence electrons. The minimum Gasteiger partial charge on any atom is -0.497 e. The van der Waals surface area contributed by atoms with Gasteiger partial charge in [-0.1, -0.05) is 16.1 Å². The Labute approximate surface area is 133 Å². The molecule has 0 saturated carbocycles. The summed E-state index contributed by atoms with van der Waals surface area (Å²) in [6.45, 7) is 4.79. The van der Waals surface area contributed by atoms with Crippen LogP contribution in [0.25, 0.3) is 0 Å². The molecule has 0 bridgehead atoms. The molecule has 1 aliphatic heterocycles. The SMILES string of the molecule is COc1ccc(N2CCN(Cc3nnsc3Cl)CC2)cc1. The lowest BCUT2D eigenvalue weighted by Gasteiger charge is -2.35. The Bertz CT molecular complexity index is 581. The normalized spacial score (nSPS) is 16.2. The van der Waals surface area contributed by atoms with E-state index in [1.54, 1.807) is 7.11 Å². The molecule has 2 aromatic rings. The van der Waals surface area contributed by atoms with Gasteiger partial charge in [0.05, 0.1) is 7.11 Å². The fourth-order valence-corrected chi connectivity index (χ4v) is 3.07. The molecule has 7 heteroatoms. The molecule has 2 heterocycles. The minimum absolute atomic E-state index is 0.701. The monoisotopic (exact) mass is 324 g/mol. The van der Waals surface area contributed by atoms with E-state index in [9.17, 15) is 0 Å². The third-order valence-corrected chi connectivity index (χ3v) is 4.68. The summed E-state index contributed by atoms with van der Waals surface area (Å²) >= 11 is 7.31. The summed E-state index contributed by atoms with van der Waals surface area (Å²) in [7, 11) is 1.69. The highest BCUT2D eigenvalue weighted by Gasteiger charge is 2.19. The minimum atomic E-state index is 0.701. The molecule has 21 heavy (non-hydrogen) atoms. The number of hydrogen-bond acceptors (Lipinski definition) is 6. The van der Waals surface area contributed by atoms with Crippen LogP contribution in [0, 0.1) is 0 Å². The lowest BCUT2D eigenvalue weighted by atomic mass is 10.2. The van der Waals surface area contributed by atoms with Crippen LogP contribution in [0.4, 0.5) is 5.69 Å². The van der Waals surface area contributed by atoms with Gasteiger partial charge in [0.25, 0.3) is 0 Å². The molecule has 1 saturated heterocycles. The fraction of sp³-hybridized carbons (Fsp3) is 0.429. The number of benzene rings is 1. The van der Waals surface area contributed by atoms with Crippen LogP contribution in [0.3, 0.4) is 0 Å². The number of rotatable bonds is 4. The second-order valence-corrected chi connectivity index (χ2v) is 6.31. The Morgan fingerprint density at radius 2 is 1.90 bits per heavy atom. The van der Waals surface area contributed by atoms with Crippen molar-refractivity contribution >= 4 is 28.8 Å². The summed E-state index contributed by atoms with van der Waals surface area (Å²) in [5, 5.41) is 4.07. The van der Waals surface area contributed by atoms with Crippen LogP contribution in [0.1, 0.15) is 5.69 Å². The number of methoxy groups -OCH3 is 1. The Kier molecular flexibility index (Phi) is 4.57. The van der Waals surface area contributed by atoms with Crippen molar-refractivity contribution in [1.29, 1.82) is 0 Å². The fourth-order valence-electron chi connectivity index (χ4n) is 2.46. The van der Waals surface area contributed by atoms with E-state index in [0.29, 0.717) is 4.34 Å². The molecule has 1 aliphatic rings. The van der Waals surface area contributed by atoms with E-state index < -0.39 is 0 Å². The molecule has 0 radical (unpaired) electrons. The zero-order valence-corrected chi connectivity index (χ0v) is 13.4. The van der Waals surface area contributed by atoms with Crippen LogP contribution in [-0.4, -0.2) is 47.8 Å². The summed E-state index contributed by atoms with van der Waals surface area (Å²) in [4.78, 5) is 4.75. The first kappa shape index (κ1) is 14.6. The van der Waals surface area contributed by atoms with E-state index in [4.69, 9.17) is 16.3 Å². The Morgan fingerprint density at radius 1 is 1.19 bits per heavy atom. The van der Waals surface area contributed by atoms with Crippen LogP contribution in [0.5, 0.6) is 5.75 Å². The van der Waals surface area contributed by atoms with Crippen molar-refractivity contribution in [2.45, 2.75) is 6.54 Å². The Hall–Kier alpha value is -1.37. The second kappa shape index (κ2) is 6.60. The molecule has 0 spiro atoms. The van der Waals surface area contributed by atoms with Crippen molar-refractivity contribution in [2.24, 2.45) is 0 Å². The number of nitrogens with zero attached hydrogens (tertiary/aromatic N) is 4. The Balaban J connectivity index is 1.56. The van der Waals surface area contributed by atoms with Gasteiger partial charge in [-0.2, -0.15) is 0 Å². The highest BCUT2D eigenvalue weighted by molar-refractivity contribution is 7.10. The van der Waals surface area contributed by atoms with Gasteiger partial charge in [0, 0.05) is 49.9 Å². The largest absolute Gasteiger partial charge is 0.497 e. The standard InChI is InChI=1S/C14H17ClN4OS/c1-20-12-4-2-11(3-5-12)19-8-6-18(7-9-19)10-13-14(15)21-17-16-13/h2-5H,6-10H2,1H3. The van der Waals surface area contributed by atoms with Gasteiger partial charge in [-0.15, -0.1) is 5.10 Å². The van der Waals surface area contributed by atoms with Gasteiger partial charge in [-0.05, 0) is 24.3 Å². The number of anilines is 1. The highest BCUT2D eigenvalue weighted by atomic mass is 35.5. The molecule has 0 N–H and O–H groups in total. The van der Waals surface area contributed by atoms with Gasteiger partial charge >= 0.3 is 0 Å². The van der Waals surface area contributed by atoms with Gasteiger partial charge < -0.3 is 9.64 Å². The van der Waals surface area contributed by atoms with Crippen molar-refractivity contribution in [3.63, 3.8) is 0 Å². The molecular formula is C14H17ClN4OS. The van der Waals surface area contributed by atoms with Gasteiger partial charge in [-0.25, -0.2) is 0 Å². The average molecular weight is 325 g/mol. The molecule has 0 aliphatic carbocycles. The van der Waals surface area contributed by atoms with Crippen molar-refractivity contribution in [3.05, 3.63) is 34.3 Å². The van der Waals surface area contributed by atoms with E-state index in [1.807, 2.05) is 12.1 Å². The lowest BCUT2D eigenvalue weighted by Crippen LogP contribution is -2.46. The van der Waals surface area contributed by atoms with Crippen LogP contribution in [-0.2, 0) is 6.54 Å². The van der Waals surface area contributed by atoms with E-state index in [0.717, 1.165) is 44.2 Å². The predicted octanol–water partition coefficient (Wildman–Crippen LogP) is 2.52. The lowest BCUT2D eigenvalue weighted by molar-refractivity contribution is 0.247. The number of aromatic nitrogens is 2. The predicted molar refractivity (Wildman–Crippen MR) is 85.4 cm³/mol. The molecule has 1 aromatic carbocycles. The maximum atomic E-state index is 6.06. The van der Waals surface area contributed by atoms with E-state index in [1.165, 1.54) is 17.2 Å². The number of hydrogen-bond donors (Lipinski definition) is 0. The summed E-state index contributed by atoms with van der Waals surface area (Å²) < 4.78 is 9.77. The van der Waals surface area contributed by atoms with Gasteiger partial charge in [0.2, 0.25) is 0 Å². The topological polar surface area (TPSA) is 41.5 Å². The number of piperazine rings is 1. The maximum Gasteiger partial charge on any atom is 0.138 e. The van der Waals surface area contributed by atoms with E-state index >= 15 is 0 Å². The van der Waals surface area contributed by atoms with Gasteiger partial charge in [0.15, 0.2) is 0 Å². The van der Waals surface area contributed by atoms with E-state index in [2.05, 4.69) is 31.5 Å². The van der Waals surface area contributed by atoms with Crippen LogP contribution in [0.2, 0.25) is 4.34 Å². The summed E-state index contributed by atoms with van der Waals surface area (Å²) in [6, 6.07) is 8.22. The number of ether oxygens (including phenoxy) is 1. The smallest absolute Gasteiger partial charge is 0.138 e. The van der Waals surface area contributed by atoms with Crippen molar-refractivity contribution in [1.82, 2.24) is 14.5 Å². The second-order valence-electron chi connectivity index (χ2n) is 4.95. The van der Waals surface area contributed by atoms with Crippen molar-refractivity contribution in [3.8, 4) is 5.75 Å². The summed E-state index contributed by atoms with van der Waals surface area (Å²) in [5.41, 5.74) is 2.13. The highest BCUT2D eigenvalue weighted by Crippen LogP contribution is 2.22. The zero-order valence-electron chi connectivity index (χ0n) is 11.8. The number of halogens is 1. The summed E-state index contributed by atoms with van der Waals surface area (Å²) in [6.07, 6.45) is 0. The molecule has 5 nitrogen and oxygen atoms in total. The molecule has 1 aromatic heterocycles. The van der Waals surface area contributed by atoms with Gasteiger partial charge in [-0.3, -0.25) is 4.90 Å². The molecule has 0 amide bonds. The Morgan fingerprint density at radius 3 is 2.48 bits per heavy atom. The first-order chi connectivity index (χ1) is 10.3. The van der Waals surface area contributed by atoms with E-state index in [-0.39, 0.29) is 0 Å². The third-order valence-electron chi connectivity index (χ3n) is 3.69. The van der Waals surface area contributed by atoms with Crippen LogP contribution < -0.4 is 9.64 Å².